The number of esters is 2. The molecule has 0 atom stereocenters. The van der Waals surface area contributed by atoms with Crippen LogP contribution in [0.2, 0.25) is 0 Å². The molecule has 0 spiro atoms. The SMILES string of the molecule is N#CCCCOc1ccc(C(=O)Oc2ccc(C=CC(=O)OCCc3ccc([N+](=O)[O-])cc3[N+](=O)[O-])cc2)cc1. The van der Waals surface area contributed by atoms with Gasteiger partial charge in [-0.05, 0) is 60.5 Å². The molecule has 0 saturated carbocycles. The summed E-state index contributed by atoms with van der Waals surface area (Å²) in [6.07, 6.45) is 3.69. The Labute approximate surface area is 228 Å². The molecule has 40 heavy (non-hydrogen) atoms. The summed E-state index contributed by atoms with van der Waals surface area (Å²) < 4.78 is 15.9. The molecule has 0 N–H and O–H groups in total. The van der Waals surface area contributed by atoms with Crippen molar-refractivity contribution in [3.05, 3.63) is 110 Å². The van der Waals surface area contributed by atoms with Crippen molar-refractivity contribution in [3.63, 3.8) is 0 Å². The second-order valence-corrected chi connectivity index (χ2v) is 8.17. The van der Waals surface area contributed by atoms with Gasteiger partial charge in [0.25, 0.3) is 11.4 Å². The Hall–Kier alpha value is -5.57. The first kappa shape index (κ1) is 29.0. The Morgan fingerprint density at radius 1 is 0.900 bits per heavy atom. The quantitative estimate of drug-likeness (QED) is 0.0693. The minimum atomic E-state index is -0.727. The molecule has 0 amide bonds. The molecule has 0 heterocycles. The minimum Gasteiger partial charge on any atom is -0.494 e. The number of carbonyl (C=O) groups excluding carboxylic acids is 2. The summed E-state index contributed by atoms with van der Waals surface area (Å²) in [5.74, 6) is -0.364. The van der Waals surface area contributed by atoms with Gasteiger partial charge in [-0.2, -0.15) is 5.26 Å². The van der Waals surface area contributed by atoms with Crippen molar-refractivity contribution >= 4 is 29.4 Å². The zero-order chi connectivity index (χ0) is 28.9. The third-order valence-electron chi connectivity index (χ3n) is 5.39. The summed E-state index contributed by atoms with van der Waals surface area (Å²) in [4.78, 5) is 45.0. The van der Waals surface area contributed by atoms with Gasteiger partial charge in [0, 0.05) is 30.5 Å². The number of nitro groups is 2. The van der Waals surface area contributed by atoms with Crippen LogP contribution < -0.4 is 9.47 Å². The van der Waals surface area contributed by atoms with E-state index in [4.69, 9.17) is 19.5 Å². The lowest BCUT2D eigenvalue weighted by molar-refractivity contribution is -0.394. The summed E-state index contributed by atoms with van der Waals surface area (Å²) in [6.45, 7) is 0.244. The number of non-ortho nitro benzene ring substituents is 1. The summed E-state index contributed by atoms with van der Waals surface area (Å²) >= 11 is 0. The zero-order valence-corrected chi connectivity index (χ0v) is 21.1. The molecule has 12 nitrogen and oxygen atoms in total. The molecular weight excluding hydrogens is 522 g/mol. The molecule has 0 bridgehead atoms. The van der Waals surface area contributed by atoms with E-state index in [-0.39, 0.29) is 18.6 Å². The van der Waals surface area contributed by atoms with E-state index in [1.807, 2.05) is 6.07 Å². The maximum Gasteiger partial charge on any atom is 0.343 e. The minimum absolute atomic E-state index is 0.00600. The molecule has 0 aliphatic carbocycles. The number of rotatable bonds is 13. The van der Waals surface area contributed by atoms with Crippen molar-refractivity contribution in [1.82, 2.24) is 0 Å². The van der Waals surface area contributed by atoms with Gasteiger partial charge in [0.15, 0.2) is 0 Å². The van der Waals surface area contributed by atoms with Gasteiger partial charge in [0.2, 0.25) is 0 Å². The van der Waals surface area contributed by atoms with E-state index < -0.39 is 33.2 Å². The van der Waals surface area contributed by atoms with E-state index in [0.717, 1.165) is 12.1 Å². The highest BCUT2D eigenvalue weighted by Crippen LogP contribution is 2.25. The lowest BCUT2D eigenvalue weighted by Crippen LogP contribution is -2.08. The van der Waals surface area contributed by atoms with E-state index in [1.54, 1.807) is 48.5 Å². The van der Waals surface area contributed by atoms with Crippen LogP contribution in [-0.2, 0) is 16.0 Å². The fourth-order valence-electron chi connectivity index (χ4n) is 3.36. The molecule has 3 rings (SSSR count). The van der Waals surface area contributed by atoms with Gasteiger partial charge >= 0.3 is 11.9 Å². The molecule has 0 unspecified atom stereocenters. The van der Waals surface area contributed by atoms with Crippen LogP contribution in [0.1, 0.15) is 34.3 Å². The molecular formula is C28H23N3O9. The van der Waals surface area contributed by atoms with Gasteiger partial charge in [-0.3, -0.25) is 20.2 Å². The average molecular weight is 546 g/mol. The number of hydrogen-bond donors (Lipinski definition) is 0. The second kappa shape index (κ2) is 14.4. The van der Waals surface area contributed by atoms with Crippen LogP contribution in [0.15, 0.2) is 72.8 Å². The first-order valence-electron chi connectivity index (χ1n) is 12.0. The molecule has 3 aromatic rings. The van der Waals surface area contributed by atoms with E-state index in [2.05, 4.69) is 0 Å². The van der Waals surface area contributed by atoms with Gasteiger partial charge < -0.3 is 14.2 Å². The first-order valence-corrected chi connectivity index (χ1v) is 12.0. The van der Waals surface area contributed by atoms with Gasteiger partial charge in [0.1, 0.15) is 11.5 Å². The highest BCUT2D eigenvalue weighted by Gasteiger charge is 2.19. The summed E-state index contributed by atoms with van der Waals surface area (Å²) in [6, 6.07) is 18.1. The summed E-state index contributed by atoms with van der Waals surface area (Å²) in [5, 5.41) is 30.6. The highest BCUT2D eigenvalue weighted by atomic mass is 16.6. The number of ether oxygens (including phenoxy) is 3. The summed E-state index contributed by atoms with van der Waals surface area (Å²) in [5.41, 5.74) is 0.334. The fraction of sp³-hybridized carbons (Fsp3) is 0.179. The van der Waals surface area contributed by atoms with Crippen molar-refractivity contribution in [1.29, 1.82) is 5.26 Å². The molecule has 0 aliphatic heterocycles. The van der Waals surface area contributed by atoms with Crippen LogP contribution in [0.25, 0.3) is 6.08 Å². The van der Waals surface area contributed by atoms with Gasteiger partial charge in [-0.1, -0.05) is 12.1 Å². The van der Waals surface area contributed by atoms with Crippen molar-refractivity contribution in [2.75, 3.05) is 13.2 Å². The Kier molecular flexibility index (Phi) is 10.4. The number of nitriles is 1. The number of nitro benzene ring substituents is 2. The third kappa shape index (κ3) is 8.77. The maximum atomic E-state index is 12.4. The van der Waals surface area contributed by atoms with Crippen LogP contribution >= 0.6 is 0 Å². The monoisotopic (exact) mass is 545 g/mol. The number of benzene rings is 3. The number of hydrogen-bond acceptors (Lipinski definition) is 10. The molecule has 3 aromatic carbocycles. The highest BCUT2D eigenvalue weighted by molar-refractivity contribution is 5.91. The molecule has 0 fully saturated rings. The smallest absolute Gasteiger partial charge is 0.343 e. The zero-order valence-electron chi connectivity index (χ0n) is 21.1. The summed E-state index contributed by atoms with van der Waals surface area (Å²) in [7, 11) is 0. The number of unbranched alkanes of at least 4 members (excludes halogenated alkanes) is 1. The molecule has 0 aliphatic rings. The fourth-order valence-corrected chi connectivity index (χ4v) is 3.36. The largest absolute Gasteiger partial charge is 0.494 e. The number of nitrogens with zero attached hydrogens (tertiary/aromatic N) is 3. The van der Waals surface area contributed by atoms with Crippen molar-refractivity contribution in [3.8, 4) is 17.6 Å². The molecule has 204 valence electrons. The van der Waals surface area contributed by atoms with Gasteiger partial charge in [-0.25, -0.2) is 9.59 Å². The van der Waals surface area contributed by atoms with Crippen LogP contribution in [0, 0.1) is 31.6 Å². The predicted octanol–water partition coefficient (Wildman–Crippen LogP) is 5.20. The average Bonchev–Trinajstić information content (AvgIpc) is 2.95. The third-order valence-corrected chi connectivity index (χ3v) is 5.39. The van der Waals surface area contributed by atoms with Crippen molar-refractivity contribution < 1.29 is 33.6 Å². The standard InChI is InChI=1S/C28H23N3O9/c29-16-1-2-17-38-24-12-7-22(8-13-24)28(33)40-25-10-3-20(4-11-25)5-14-27(32)39-18-15-21-6-9-23(30(34)35)19-26(21)31(36)37/h3-14,19H,1-2,15,17-18H2. The predicted molar refractivity (Wildman–Crippen MR) is 142 cm³/mol. The maximum absolute atomic E-state index is 12.4. The Morgan fingerprint density at radius 2 is 1.60 bits per heavy atom. The normalized spacial score (nSPS) is 10.5. The van der Waals surface area contributed by atoms with E-state index in [0.29, 0.717) is 42.1 Å². The van der Waals surface area contributed by atoms with Crippen LogP contribution in [0.4, 0.5) is 11.4 Å². The second-order valence-electron chi connectivity index (χ2n) is 8.17. The van der Waals surface area contributed by atoms with Crippen LogP contribution in [0.5, 0.6) is 11.5 Å². The molecule has 12 heteroatoms. The first-order chi connectivity index (χ1) is 19.3. The lowest BCUT2D eigenvalue weighted by Gasteiger charge is -2.07. The van der Waals surface area contributed by atoms with Gasteiger partial charge in [-0.15, -0.1) is 0 Å². The van der Waals surface area contributed by atoms with E-state index >= 15 is 0 Å². The molecule has 0 aromatic heterocycles. The van der Waals surface area contributed by atoms with Gasteiger partial charge in [0.05, 0.1) is 40.8 Å². The van der Waals surface area contributed by atoms with Crippen LogP contribution in [0.3, 0.4) is 0 Å². The van der Waals surface area contributed by atoms with Crippen molar-refractivity contribution in [2.45, 2.75) is 19.3 Å². The molecule has 0 saturated heterocycles. The lowest BCUT2D eigenvalue weighted by atomic mass is 10.1. The Morgan fingerprint density at radius 3 is 2.25 bits per heavy atom. The topological polar surface area (TPSA) is 172 Å². The van der Waals surface area contributed by atoms with Crippen molar-refractivity contribution in [2.24, 2.45) is 0 Å². The Bertz CT molecular complexity index is 1440. The number of carbonyl (C=O) groups is 2. The molecule has 0 radical (unpaired) electrons. The van der Waals surface area contributed by atoms with E-state index in [9.17, 15) is 29.8 Å². The van der Waals surface area contributed by atoms with E-state index in [1.165, 1.54) is 18.2 Å². The van der Waals surface area contributed by atoms with Crippen LogP contribution in [-0.4, -0.2) is 35.0 Å². The Balaban J connectivity index is 1.47.